The molecule has 0 spiro atoms. The standard InChI is InChI=1S/C9H13Br/c1-2-5-8-6-3-4-7-9(8)10/h1,8-9H,3-7H2. The van der Waals surface area contributed by atoms with Crippen molar-refractivity contribution in [1.82, 2.24) is 0 Å². The van der Waals surface area contributed by atoms with Gasteiger partial charge in [0, 0.05) is 11.2 Å². The zero-order chi connectivity index (χ0) is 7.40. The molecule has 1 saturated carbocycles. The Morgan fingerprint density at radius 2 is 2.10 bits per heavy atom. The summed E-state index contributed by atoms with van der Waals surface area (Å²) in [6.07, 6.45) is 11.6. The highest BCUT2D eigenvalue weighted by molar-refractivity contribution is 9.09. The van der Waals surface area contributed by atoms with Crippen LogP contribution in [-0.2, 0) is 0 Å². The van der Waals surface area contributed by atoms with E-state index in [0.717, 1.165) is 12.3 Å². The second-order valence-electron chi connectivity index (χ2n) is 2.97. The van der Waals surface area contributed by atoms with Crippen molar-refractivity contribution in [3.63, 3.8) is 0 Å². The van der Waals surface area contributed by atoms with Gasteiger partial charge in [-0.05, 0) is 18.8 Å². The van der Waals surface area contributed by atoms with Crippen LogP contribution in [0.5, 0.6) is 0 Å². The van der Waals surface area contributed by atoms with Crippen LogP contribution < -0.4 is 0 Å². The van der Waals surface area contributed by atoms with Gasteiger partial charge < -0.3 is 0 Å². The van der Waals surface area contributed by atoms with Gasteiger partial charge in [-0.3, -0.25) is 0 Å². The molecule has 0 saturated heterocycles. The summed E-state index contributed by atoms with van der Waals surface area (Å²) in [5.74, 6) is 3.49. The summed E-state index contributed by atoms with van der Waals surface area (Å²) in [7, 11) is 0. The van der Waals surface area contributed by atoms with Crippen LogP contribution in [0, 0.1) is 18.3 Å². The van der Waals surface area contributed by atoms with Crippen LogP contribution in [0.15, 0.2) is 0 Å². The van der Waals surface area contributed by atoms with Crippen LogP contribution in [0.4, 0.5) is 0 Å². The first-order chi connectivity index (χ1) is 4.84. The normalized spacial score (nSPS) is 33.2. The monoisotopic (exact) mass is 200 g/mol. The molecule has 0 aromatic heterocycles. The van der Waals surface area contributed by atoms with Crippen LogP contribution in [0.1, 0.15) is 32.1 Å². The van der Waals surface area contributed by atoms with Gasteiger partial charge in [-0.1, -0.05) is 28.8 Å². The molecule has 0 bridgehead atoms. The molecule has 56 valence electrons. The number of hydrogen-bond acceptors (Lipinski definition) is 0. The van der Waals surface area contributed by atoms with Gasteiger partial charge in [0.15, 0.2) is 0 Å². The number of rotatable bonds is 1. The molecular formula is C9H13Br. The summed E-state index contributed by atoms with van der Waals surface area (Å²) in [4.78, 5) is 0.692. The molecule has 1 heteroatoms. The first kappa shape index (κ1) is 8.14. The second kappa shape index (κ2) is 4.03. The Balaban J connectivity index is 2.34. The molecule has 0 nitrogen and oxygen atoms in total. The van der Waals surface area contributed by atoms with E-state index in [1.54, 1.807) is 0 Å². The molecule has 1 rings (SSSR count). The van der Waals surface area contributed by atoms with Crippen molar-refractivity contribution in [2.75, 3.05) is 0 Å². The molecule has 0 aromatic rings. The van der Waals surface area contributed by atoms with Gasteiger partial charge in [-0.15, -0.1) is 12.3 Å². The van der Waals surface area contributed by atoms with E-state index in [1.165, 1.54) is 25.7 Å². The van der Waals surface area contributed by atoms with Crippen molar-refractivity contribution in [1.29, 1.82) is 0 Å². The van der Waals surface area contributed by atoms with E-state index >= 15 is 0 Å². The zero-order valence-corrected chi connectivity index (χ0v) is 7.73. The number of halogens is 1. The van der Waals surface area contributed by atoms with Gasteiger partial charge in [-0.25, -0.2) is 0 Å². The Morgan fingerprint density at radius 3 is 2.70 bits per heavy atom. The molecule has 0 aliphatic heterocycles. The summed E-state index contributed by atoms with van der Waals surface area (Å²) >= 11 is 3.66. The maximum atomic E-state index is 5.25. The van der Waals surface area contributed by atoms with Crippen molar-refractivity contribution in [2.45, 2.75) is 36.9 Å². The lowest BCUT2D eigenvalue weighted by molar-refractivity contribution is 0.382. The van der Waals surface area contributed by atoms with Crippen LogP contribution >= 0.6 is 15.9 Å². The van der Waals surface area contributed by atoms with Crippen LogP contribution in [0.3, 0.4) is 0 Å². The molecule has 0 radical (unpaired) electrons. The summed E-state index contributed by atoms with van der Waals surface area (Å²) in [5.41, 5.74) is 0. The van der Waals surface area contributed by atoms with Crippen molar-refractivity contribution in [2.24, 2.45) is 5.92 Å². The highest BCUT2D eigenvalue weighted by Crippen LogP contribution is 2.31. The molecule has 1 aliphatic carbocycles. The zero-order valence-electron chi connectivity index (χ0n) is 6.15. The third-order valence-electron chi connectivity index (χ3n) is 2.20. The molecule has 0 heterocycles. The van der Waals surface area contributed by atoms with Gasteiger partial charge in [0.05, 0.1) is 0 Å². The Labute approximate surface area is 71.5 Å². The molecule has 2 unspecified atom stereocenters. The predicted molar refractivity (Wildman–Crippen MR) is 48.1 cm³/mol. The molecule has 0 amide bonds. The third kappa shape index (κ3) is 2.02. The van der Waals surface area contributed by atoms with Crippen LogP contribution in [0.2, 0.25) is 0 Å². The van der Waals surface area contributed by atoms with E-state index in [0.29, 0.717) is 4.83 Å². The quantitative estimate of drug-likeness (QED) is 0.452. The topological polar surface area (TPSA) is 0 Å². The molecule has 1 fully saturated rings. The van der Waals surface area contributed by atoms with Gasteiger partial charge >= 0.3 is 0 Å². The maximum absolute atomic E-state index is 5.25. The number of alkyl halides is 1. The average Bonchev–Trinajstić information content (AvgIpc) is 1.94. The Bertz CT molecular complexity index is 134. The fourth-order valence-electron chi connectivity index (χ4n) is 1.54. The van der Waals surface area contributed by atoms with Gasteiger partial charge in [0.1, 0.15) is 0 Å². The maximum Gasteiger partial charge on any atom is 0.0183 e. The summed E-state index contributed by atoms with van der Waals surface area (Å²) in [6, 6.07) is 0. The largest absolute Gasteiger partial charge is 0.120 e. The van der Waals surface area contributed by atoms with Crippen molar-refractivity contribution >= 4 is 15.9 Å². The average molecular weight is 201 g/mol. The van der Waals surface area contributed by atoms with E-state index < -0.39 is 0 Å². The fourth-order valence-corrected chi connectivity index (χ4v) is 2.32. The Morgan fingerprint density at radius 1 is 1.40 bits per heavy atom. The third-order valence-corrected chi connectivity index (χ3v) is 3.40. The van der Waals surface area contributed by atoms with E-state index in [-0.39, 0.29) is 0 Å². The fraction of sp³-hybridized carbons (Fsp3) is 0.778. The minimum Gasteiger partial charge on any atom is -0.120 e. The Hall–Kier alpha value is 0.0400. The van der Waals surface area contributed by atoms with E-state index in [9.17, 15) is 0 Å². The van der Waals surface area contributed by atoms with Crippen molar-refractivity contribution in [3.8, 4) is 12.3 Å². The molecule has 0 N–H and O–H groups in total. The number of hydrogen-bond donors (Lipinski definition) is 0. The SMILES string of the molecule is C#CCC1CCCCC1Br. The first-order valence-electron chi connectivity index (χ1n) is 3.92. The summed E-state index contributed by atoms with van der Waals surface area (Å²) < 4.78 is 0. The van der Waals surface area contributed by atoms with Gasteiger partial charge in [-0.2, -0.15) is 0 Å². The van der Waals surface area contributed by atoms with Gasteiger partial charge in [0.2, 0.25) is 0 Å². The van der Waals surface area contributed by atoms with Crippen molar-refractivity contribution < 1.29 is 0 Å². The summed E-state index contributed by atoms with van der Waals surface area (Å²) in [6.45, 7) is 0. The smallest absolute Gasteiger partial charge is 0.0183 e. The molecular weight excluding hydrogens is 188 g/mol. The van der Waals surface area contributed by atoms with Crippen molar-refractivity contribution in [3.05, 3.63) is 0 Å². The lowest BCUT2D eigenvalue weighted by Crippen LogP contribution is -2.18. The van der Waals surface area contributed by atoms with E-state index in [1.807, 2.05) is 0 Å². The Kier molecular flexibility index (Phi) is 3.28. The lowest BCUT2D eigenvalue weighted by atomic mass is 9.87. The van der Waals surface area contributed by atoms with E-state index in [2.05, 4.69) is 21.9 Å². The van der Waals surface area contributed by atoms with E-state index in [4.69, 9.17) is 6.42 Å². The molecule has 0 aromatic carbocycles. The summed E-state index contributed by atoms with van der Waals surface area (Å²) in [5, 5.41) is 0. The minimum absolute atomic E-state index is 0.692. The highest BCUT2D eigenvalue weighted by Gasteiger charge is 2.21. The number of terminal acetylenes is 1. The first-order valence-corrected chi connectivity index (χ1v) is 4.83. The van der Waals surface area contributed by atoms with Gasteiger partial charge in [0.25, 0.3) is 0 Å². The molecule has 2 atom stereocenters. The molecule has 10 heavy (non-hydrogen) atoms. The van der Waals surface area contributed by atoms with Crippen LogP contribution in [0.25, 0.3) is 0 Å². The van der Waals surface area contributed by atoms with Crippen LogP contribution in [-0.4, -0.2) is 4.83 Å². The molecule has 1 aliphatic rings. The second-order valence-corrected chi connectivity index (χ2v) is 4.14. The highest BCUT2D eigenvalue weighted by atomic mass is 79.9. The predicted octanol–water partition coefficient (Wildman–Crippen LogP) is 2.96. The minimum atomic E-state index is 0.692. The lowest BCUT2D eigenvalue weighted by Gasteiger charge is -2.25.